The van der Waals surface area contributed by atoms with Gasteiger partial charge in [-0.25, -0.2) is 19.2 Å². The lowest BCUT2D eigenvalue weighted by Crippen LogP contribution is -2.35. The molecule has 0 unspecified atom stereocenters. The van der Waals surface area contributed by atoms with Crippen molar-refractivity contribution in [3.05, 3.63) is 72.3 Å². The Kier molecular flexibility index (Phi) is 7.43. The van der Waals surface area contributed by atoms with Gasteiger partial charge in [0, 0.05) is 55.7 Å². The number of nitrogens with zero attached hydrogens (tertiary/aromatic N) is 5. The van der Waals surface area contributed by atoms with Gasteiger partial charge >= 0.3 is 6.03 Å². The third-order valence-electron chi connectivity index (χ3n) is 6.68. The van der Waals surface area contributed by atoms with Crippen molar-refractivity contribution in [1.29, 1.82) is 0 Å². The third kappa shape index (κ3) is 5.47. The van der Waals surface area contributed by atoms with Crippen molar-refractivity contribution in [2.24, 2.45) is 0 Å². The van der Waals surface area contributed by atoms with E-state index < -0.39 is 5.82 Å². The van der Waals surface area contributed by atoms with E-state index in [2.05, 4.69) is 44.5 Å². The Hall–Kier alpha value is -3.82. The van der Waals surface area contributed by atoms with E-state index in [0.29, 0.717) is 35.8 Å². The van der Waals surface area contributed by atoms with Crippen LogP contribution in [-0.4, -0.2) is 69.6 Å². The molecule has 1 aliphatic heterocycles. The second kappa shape index (κ2) is 11.1. The van der Waals surface area contributed by atoms with Crippen molar-refractivity contribution in [3.8, 4) is 22.5 Å². The summed E-state index contributed by atoms with van der Waals surface area (Å²) in [5.74, 6) is 0.0576. The molecule has 1 saturated heterocycles. The van der Waals surface area contributed by atoms with Crippen LogP contribution in [0.15, 0.2) is 60.9 Å². The second-order valence-electron chi connectivity index (χ2n) is 9.01. The number of rotatable bonds is 7. The van der Waals surface area contributed by atoms with Crippen LogP contribution in [0.5, 0.6) is 0 Å². The highest BCUT2D eigenvalue weighted by Gasteiger charge is 2.15. The summed E-state index contributed by atoms with van der Waals surface area (Å²) in [6, 6.07) is 14.5. The largest absolute Gasteiger partial charge is 0.379 e. The summed E-state index contributed by atoms with van der Waals surface area (Å²) in [5, 5.41) is 2.84. The predicted octanol–water partition coefficient (Wildman–Crippen LogP) is 4.91. The molecule has 5 rings (SSSR count). The Labute approximate surface area is 215 Å². The van der Waals surface area contributed by atoms with Crippen LogP contribution in [0.3, 0.4) is 0 Å². The van der Waals surface area contributed by atoms with Crippen LogP contribution >= 0.6 is 0 Å². The maximum absolute atomic E-state index is 14.8. The number of carbonyl (C=O) groups excluding carboxylic acids is 1. The van der Waals surface area contributed by atoms with Gasteiger partial charge in [-0.1, -0.05) is 24.3 Å². The first-order valence-electron chi connectivity index (χ1n) is 12.6. The molecule has 0 atom stereocenters. The minimum absolute atomic E-state index is 0.222. The molecule has 9 heteroatoms. The van der Waals surface area contributed by atoms with Crippen LogP contribution in [0, 0.1) is 5.82 Å². The minimum atomic E-state index is -0.416. The van der Waals surface area contributed by atoms with Gasteiger partial charge in [-0.2, -0.15) is 0 Å². The van der Waals surface area contributed by atoms with Gasteiger partial charge < -0.3 is 15.0 Å². The zero-order valence-electron chi connectivity index (χ0n) is 21.2. The number of benzene rings is 2. The van der Waals surface area contributed by atoms with Gasteiger partial charge in [-0.05, 0) is 43.7 Å². The molecule has 0 spiro atoms. The standard InChI is InChI=1S/C28H31FN6O2/c1-3-34(4-2)28(36)31-22-9-10-24(29)23(17-22)25-11-12-35-26(18-30-27(35)32-25)21-7-5-20(6-8-21)19-33-13-15-37-16-14-33/h5-12,17-18H,3-4,13-16,19H2,1-2H3,(H,31,36). The van der Waals surface area contributed by atoms with E-state index in [-0.39, 0.29) is 6.03 Å². The molecule has 3 heterocycles. The molecule has 192 valence electrons. The summed E-state index contributed by atoms with van der Waals surface area (Å²) in [4.78, 5) is 25.6. The molecule has 1 fully saturated rings. The number of anilines is 1. The van der Waals surface area contributed by atoms with Gasteiger partial charge in [0.25, 0.3) is 0 Å². The van der Waals surface area contributed by atoms with E-state index in [4.69, 9.17) is 4.74 Å². The smallest absolute Gasteiger partial charge is 0.321 e. The quantitative estimate of drug-likeness (QED) is 0.389. The fraction of sp³-hybridized carbons (Fsp3) is 0.321. The number of halogens is 1. The summed E-state index contributed by atoms with van der Waals surface area (Å²) >= 11 is 0. The highest BCUT2D eigenvalue weighted by Crippen LogP contribution is 2.27. The van der Waals surface area contributed by atoms with E-state index in [1.54, 1.807) is 29.3 Å². The second-order valence-corrected chi connectivity index (χ2v) is 9.01. The van der Waals surface area contributed by atoms with Crippen molar-refractivity contribution < 1.29 is 13.9 Å². The molecule has 1 N–H and O–H groups in total. The molecule has 37 heavy (non-hydrogen) atoms. The average Bonchev–Trinajstić information content (AvgIpc) is 3.35. The molecule has 0 radical (unpaired) electrons. The molecule has 0 bridgehead atoms. The predicted molar refractivity (Wildman–Crippen MR) is 142 cm³/mol. The third-order valence-corrected chi connectivity index (χ3v) is 6.68. The van der Waals surface area contributed by atoms with E-state index >= 15 is 0 Å². The lowest BCUT2D eigenvalue weighted by atomic mass is 10.1. The van der Waals surface area contributed by atoms with Crippen LogP contribution in [0.4, 0.5) is 14.9 Å². The van der Waals surface area contributed by atoms with Crippen molar-refractivity contribution in [1.82, 2.24) is 24.2 Å². The molecule has 8 nitrogen and oxygen atoms in total. The number of aromatic nitrogens is 3. The zero-order chi connectivity index (χ0) is 25.8. The average molecular weight is 503 g/mol. The highest BCUT2D eigenvalue weighted by atomic mass is 19.1. The first-order chi connectivity index (χ1) is 18.1. The minimum Gasteiger partial charge on any atom is -0.379 e. The van der Waals surface area contributed by atoms with Crippen LogP contribution < -0.4 is 5.32 Å². The highest BCUT2D eigenvalue weighted by molar-refractivity contribution is 5.90. The number of hydrogen-bond acceptors (Lipinski definition) is 5. The number of morpholine rings is 1. The Bertz CT molecular complexity index is 1380. The van der Waals surface area contributed by atoms with Gasteiger partial charge in [-0.3, -0.25) is 9.30 Å². The monoisotopic (exact) mass is 502 g/mol. The van der Waals surface area contributed by atoms with Gasteiger partial charge in [0.1, 0.15) is 5.82 Å². The van der Waals surface area contributed by atoms with E-state index in [0.717, 1.165) is 44.1 Å². The molecule has 0 saturated carbocycles. The summed E-state index contributed by atoms with van der Waals surface area (Å²) in [5.41, 5.74) is 4.45. The van der Waals surface area contributed by atoms with E-state index in [1.165, 1.54) is 11.6 Å². The number of carbonyl (C=O) groups is 1. The number of fused-ring (bicyclic) bond motifs is 1. The molecule has 2 amide bonds. The van der Waals surface area contributed by atoms with Crippen LogP contribution in [0.1, 0.15) is 19.4 Å². The SMILES string of the molecule is CCN(CC)C(=O)Nc1ccc(F)c(-c2ccn3c(-c4ccc(CN5CCOCC5)cc4)cnc3n2)c1. The van der Waals surface area contributed by atoms with Crippen LogP contribution in [-0.2, 0) is 11.3 Å². The number of urea groups is 1. The van der Waals surface area contributed by atoms with Gasteiger partial charge in [-0.15, -0.1) is 0 Å². The van der Waals surface area contributed by atoms with Crippen molar-refractivity contribution in [2.45, 2.75) is 20.4 Å². The topological polar surface area (TPSA) is 75.0 Å². The zero-order valence-corrected chi connectivity index (χ0v) is 21.2. The number of hydrogen-bond donors (Lipinski definition) is 1. The first-order valence-corrected chi connectivity index (χ1v) is 12.6. The summed E-state index contributed by atoms with van der Waals surface area (Å²) in [6.45, 7) is 9.39. The normalized spacial score (nSPS) is 14.1. The molecule has 1 aliphatic rings. The fourth-order valence-electron chi connectivity index (χ4n) is 4.55. The molecular formula is C28H31FN6O2. The number of imidazole rings is 1. The van der Waals surface area contributed by atoms with Gasteiger partial charge in [0.2, 0.25) is 5.78 Å². The number of amides is 2. The lowest BCUT2D eigenvalue weighted by molar-refractivity contribution is 0.0342. The van der Waals surface area contributed by atoms with Crippen molar-refractivity contribution in [2.75, 3.05) is 44.7 Å². The lowest BCUT2D eigenvalue weighted by Gasteiger charge is -2.26. The molecule has 0 aliphatic carbocycles. The van der Waals surface area contributed by atoms with E-state index in [9.17, 15) is 9.18 Å². The Balaban J connectivity index is 1.36. The summed E-state index contributed by atoms with van der Waals surface area (Å²) < 4.78 is 22.1. The van der Waals surface area contributed by atoms with Gasteiger partial charge in [0.15, 0.2) is 0 Å². The number of nitrogens with one attached hydrogen (secondary N) is 1. The van der Waals surface area contributed by atoms with Gasteiger partial charge in [0.05, 0.1) is 30.8 Å². The van der Waals surface area contributed by atoms with Crippen LogP contribution in [0.25, 0.3) is 28.3 Å². The molecule has 2 aromatic heterocycles. The molecular weight excluding hydrogens is 471 g/mol. The first kappa shape index (κ1) is 24.9. The van der Waals surface area contributed by atoms with Crippen molar-refractivity contribution >= 4 is 17.5 Å². The number of ether oxygens (including phenoxy) is 1. The Morgan fingerprint density at radius 2 is 1.84 bits per heavy atom. The summed E-state index contributed by atoms with van der Waals surface area (Å²) in [6.07, 6.45) is 3.63. The maximum atomic E-state index is 14.8. The Morgan fingerprint density at radius 1 is 1.08 bits per heavy atom. The Morgan fingerprint density at radius 3 is 2.57 bits per heavy atom. The maximum Gasteiger partial charge on any atom is 0.321 e. The molecule has 4 aromatic rings. The summed E-state index contributed by atoms with van der Waals surface area (Å²) in [7, 11) is 0. The van der Waals surface area contributed by atoms with Crippen LogP contribution in [0.2, 0.25) is 0 Å². The fourth-order valence-corrected chi connectivity index (χ4v) is 4.55. The van der Waals surface area contributed by atoms with Crippen molar-refractivity contribution in [3.63, 3.8) is 0 Å². The molecule has 2 aromatic carbocycles. The van der Waals surface area contributed by atoms with E-state index in [1.807, 2.05) is 24.4 Å².